The van der Waals surface area contributed by atoms with Crippen LogP contribution in [0.4, 0.5) is 5.69 Å². The fourth-order valence-electron chi connectivity index (χ4n) is 3.07. The number of hydrogen-bond donors (Lipinski definition) is 0. The molecule has 23 heavy (non-hydrogen) atoms. The number of fused-ring (bicyclic) bond motifs is 1. The van der Waals surface area contributed by atoms with Crippen LogP contribution in [0.5, 0.6) is 0 Å². The number of pyridine rings is 1. The van der Waals surface area contributed by atoms with Crippen molar-refractivity contribution < 1.29 is 8.42 Å². The average molecular weight is 331 g/mol. The molecule has 3 rings (SSSR count). The van der Waals surface area contributed by atoms with Crippen molar-refractivity contribution >= 4 is 15.7 Å². The Morgan fingerprint density at radius 3 is 2.70 bits per heavy atom. The Morgan fingerprint density at radius 2 is 2.00 bits per heavy atom. The highest BCUT2D eigenvalue weighted by Gasteiger charge is 2.34. The molecule has 0 N–H and O–H groups in total. The van der Waals surface area contributed by atoms with Crippen LogP contribution < -0.4 is 4.90 Å². The Hall–Kier alpha value is -1.92. The van der Waals surface area contributed by atoms with Crippen molar-refractivity contribution in [3.63, 3.8) is 0 Å². The second kappa shape index (κ2) is 6.29. The Balaban J connectivity index is 2.07. The van der Waals surface area contributed by atoms with Gasteiger partial charge in [-0.1, -0.05) is 25.1 Å². The molecule has 0 saturated heterocycles. The van der Waals surface area contributed by atoms with Crippen LogP contribution in [0.2, 0.25) is 0 Å². The van der Waals surface area contributed by atoms with E-state index in [-0.39, 0.29) is 10.9 Å². The molecular formula is C17H21N3O2S. The molecule has 0 aliphatic carbocycles. The van der Waals surface area contributed by atoms with Crippen LogP contribution in [0.25, 0.3) is 0 Å². The van der Waals surface area contributed by atoms with Gasteiger partial charge in [0.1, 0.15) is 4.90 Å². The summed E-state index contributed by atoms with van der Waals surface area (Å²) < 4.78 is 27.8. The molecule has 0 fully saturated rings. The number of likely N-dealkylation sites (N-methyl/N-ethyl adjacent to an activating group) is 1. The van der Waals surface area contributed by atoms with Crippen LogP contribution in [0.1, 0.15) is 18.9 Å². The maximum atomic E-state index is 13.1. The minimum Gasteiger partial charge on any atom is -0.373 e. The maximum absolute atomic E-state index is 13.1. The zero-order valence-corrected chi connectivity index (χ0v) is 14.2. The average Bonchev–Trinajstić information content (AvgIpc) is 2.73. The van der Waals surface area contributed by atoms with E-state index in [2.05, 4.69) is 9.88 Å². The summed E-state index contributed by atoms with van der Waals surface area (Å²) in [6, 6.07) is 11.2. The van der Waals surface area contributed by atoms with Crippen LogP contribution in [-0.2, 0) is 16.6 Å². The smallest absolute Gasteiger partial charge is 0.245 e. The number of rotatable bonds is 3. The van der Waals surface area contributed by atoms with Crippen molar-refractivity contribution in [2.75, 3.05) is 18.5 Å². The van der Waals surface area contributed by atoms with Gasteiger partial charge in [-0.3, -0.25) is 4.98 Å². The highest BCUT2D eigenvalue weighted by Crippen LogP contribution is 2.30. The predicted octanol–water partition coefficient (Wildman–Crippen LogP) is 2.50. The molecule has 6 heteroatoms. The largest absolute Gasteiger partial charge is 0.373 e. The number of benzene rings is 1. The molecule has 1 unspecified atom stereocenters. The molecule has 5 nitrogen and oxygen atoms in total. The van der Waals surface area contributed by atoms with Crippen molar-refractivity contribution in [1.29, 1.82) is 0 Å². The lowest BCUT2D eigenvalue weighted by molar-refractivity contribution is 0.315. The minimum absolute atomic E-state index is 0.0717. The third-order valence-electron chi connectivity index (χ3n) is 4.33. The van der Waals surface area contributed by atoms with Gasteiger partial charge in [0.2, 0.25) is 10.0 Å². The lowest BCUT2D eigenvalue weighted by Crippen LogP contribution is -2.43. The summed E-state index contributed by atoms with van der Waals surface area (Å²) in [4.78, 5) is 6.35. The van der Waals surface area contributed by atoms with Gasteiger partial charge in [-0.05, 0) is 30.2 Å². The summed E-state index contributed by atoms with van der Waals surface area (Å²) in [6.07, 6.45) is 3.77. The molecule has 0 saturated carbocycles. The first-order valence-corrected chi connectivity index (χ1v) is 9.19. The third kappa shape index (κ3) is 2.96. The van der Waals surface area contributed by atoms with Crippen LogP contribution in [0.3, 0.4) is 0 Å². The molecule has 1 aromatic carbocycles. The van der Waals surface area contributed by atoms with Gasteiger partial charge in [-0.15, -0.1) is 0 Å². The minimum atomic E-state index is -3.57. The lowest BCUT2D eigenvalue weighted by atomic mass is 10.1. The first-order valence-electron chi connectivity index (χ1n) is 7.75. The molecule has 0 amide bonds. The zero-order valence-electron chi connectivity index (χ0n) is 13.4. The number of sulfonamides is 1. The van der Waals surface area contributed by atoms with E-state index in [0.29, 0.717) is 13.1 Å². The summed E-state index contributed by atoms with van der Waals surface area (Å²) in [6.45, 7) is 3.09. The highest BCUT2D eigenvalue weighted by molar-refractivity contribution is 7.89. The second-order valence-electron chi connectivity index (χ2n) is 5.81. The molecule has 0 radical (unpaired) electrons. The molecule has 1 aliphatic heterocycles. The Kier molecular flexibility index (Phi) is 4.37. The van der Waals surface area contributed by atoms with E-state index in [1.165, 1.54) is 6.20 Å². The molecule has 1 atom stereocenters. The highest BCUT2D eigenvalue weighted by atomic mass is 32.2. The summed E-state index contributed by atoms with van der Waals surface area (Å²) in [5.74, 6) is 0. The van der Waals surface area contributed by atoms with E-state index in [1.54, 1.807) is 22.6 Å². The van der Waals surface area contributed by atoms with Gasteiger partial charge in [0.05, 0.1) is 0 Å². The SMILES string of the molecule is CCC1CN(C)c2ccccc2CN1S(=O)(=O)c1cccnc1. The predicted molar refractivity (Wildman–Crippen MR) is 90.8 cm³/mol. The molecule has 1 aromatic heterocycles. The molecule has 2 aromatic rings. The van der Waals surface area contributed by atoms with Gasteiger partial charge in [0, 0.05) is 44.3 Å². The number of nitrogens with zero attached hydrogens (tertiary/aromatic N) is 3. The van der Waals surface area contributed by atoms with Crippen LogP contribution in [-0.4, -0.2) is 37.3 Å². The summed E-state index contributed by atoms with van der Waals surface area (Å²) in [5, 5.41) is 0. The fraction of sp³-hybridized carbons (Fsp3) is 0.353. The molecule has 2 heterocycles. The number of para-hydroxylation sites is 1. The van der Waals surface area contributed by atoms with E-state index in [4.69, 9.17) is 0 Å². The van der Waals surface area contributed by atoms with E-state index in [0.717, 1.165) is 17.7 Å². The summed E-state index contributed by atoms with van der Waals surface area (Å²) in [5.41, 5.74) is 2.12. The van der Waals surface area contributed by atoms with Crippen molar-refractivity contribution in [3.8, 4) is 0 Å². The molecule has 0 bridgehead atoms. The van der Waals surface area contributed by atoms with Gasteiger partial charge >= 0.3 is 0 Å². The summed E-state index contributed by atoms with van der Waals surface area (Å²) >= 11 is 0. The van der Waals surface area contributed by atoms with E-state index in [9.17, 15) is 8.42 Å². The van der Waals surface area contributed by atoms with Gasteiger partial charge in [-0.25, -0.2) is 8.42 Å². The molecule has 0 spiro atoms. The Labute approximate surface area is 137 Å². The first-order chi connectivity index (χ1) is 11.0. The fourth-order valence-corrected chi connectivity index (χ4v) is 4.70. The van der Waals surface area contributed by atoms with Gasteiger partial charge in [-0.2, -0.15) is 4.31 Å². The topological polar surface area (TPSA) is 53.5 Å². The molecular weight excluding hydrogens is 310 g/mol. The van der Waals surface area contributed by atoms with Crippen LogP contribution in [0.15, 0.2) is 53.7 Å². The first kappa shape index (κ1) is 16.0. The van der Waals surface area contributed by atoms with Crippen LogP contribution in [0, 0.1) is 0 Å². The molecule has 1 aliphatic rings. The van der Waals surface area contributed by atoms with Crippen molar-refractivity contribution in [1.82, 2.24) is 9.29 Å². The zero-order chi connectivity index (χ0) is 16.4. The Bertz CT molecular complexity index is 777. The Morgan fingerprint density at radius 1 is 1.22 bits per heavy atom. The standard InChI is InChI=1S/C17H21N3O2S/c1-3-15-13-19(2)17-9-5-4-7-14(17)12-20(15)23(21,22)16-8-6-10-18-11-16/h4-11,15H,3,12-13H2,1-2H3. The lowest BCUT2D eigenvalue weighted by Gasteiger charge is -2.29. The van der Waals surface area contributed by atoms with Gasteiger partial charge in [0.25, 0.3) is 0 Å². The number of aromatic nitrogens is 1. The quantitative estimate of drug-likeness (QED) is 0.867. The maximum Gasteiger partial charge on any atom is 0.245 e. The van der Waals surface area contributed by atoms with E-state index >= 15 is 0 Å². The van der Waals surface area contributed by atoms with E-state index in [1.807, 2.05) is 38.2 Å². The number of anilines is 1. The van der Waals surface area contributed by atoms with Gasteiger partial charge < -0.3 is 4.90 Å². The second-order valence-corrected chi connectivity index (χ2v) is 7.70. The normalized spacial score (nSPS) is 19.2. The van der Waals surface area contributed by atoms with Crippen molar-refractivity contribution in [3.05, 3.63) is 54.4 Å². The van der Waals surface area contributed by atoms with Crippen LogP contribution >= 0.6 is 0 Å². The monoisotopic (exact) mass is 331 g/mol. The van der Waals surface area contributed by atoms with Crippen molar-refractivity contribution in [2.45, 2.75) is 30.8 Å². The summed E-state index contributed by atoms with van der Waals surface area (Å²) in [7, 11) is -1.55. The van der Waals surface area contributed by atoms with Gasteiger partial charge in [0.15, 0.2) is 0 Å². The van der Waals surface area contributed by atoms with E-state index < -0.39 is 10.0 Å². The molecule has 122 valence electrons. The third-order valence-corrected chi connectivity index (χ3v) is 6.22. The van der Waals surface area contributed by atoms with Crippen molar-refractivity contribution in [2.24, 2.45) is 0 Å². The number of hydrogen-bond acceptors (Lipinski definition) is 4.